The molecule has 96 valence electrons. The molecule has 3 atom stereocenters. The summed E-state index contributed by atoms with van der Waals surface area (Å²) in [7, 11) is 0. The maximum Gasteiger partial charge on any atom is 0.0994 e. The van der Waals surface area contributed by atoms with Crippen LogP contribution in [0.2, 0.25) is 0 Å². The van der Waals surface area contributed by atoms with Gasteiger partial charge in [-0.25, -0.2) is 0 Å². The fourth-order valence-electron chi connectivity index (χ4n) is 2.97. The number of nitriles is 1. The Morgan fingerprint density at radius 2 is 2.06 bits per heavy atom. The second-order valence-corrected chi connectivity index (χ2v) is 5.79. The van der Waals surface area contributed by atoms with Crippen molar-refractivity contribution in [2.24, 2.45) is 11.8 Å². The molecule has 2 nitrogen and oxygen atoms in total. The molecule has 0 heterocycles. The van der Waals surface area contributed by atoms with E-state index in [-0.39, 0.29) is 0 Å². The van der Waals surface area contributed by atoms with E-state index in [1.807, 2.05) is 19.1 Å². The molecule has 1 aromatic carbocycles. The maximum absolute atomic E-state index is 8.93. The summed E-state index contributed by atoms with van der Waals surface area (Å²) >= 11 is 0. The van der Waals surface area contributed by atoms with E-state index < -0.39 is 0 Å². The van der Waals surface area contributed by atoms with Crippen molar-refractivity contribution in [1.82, 2.24) is 0 Å². The number of nitrogens with one attached hydrogen (secondary N) is 1. The van der Waals surface area contributed by atoms with E-state index in [2.05, 4.69) is 31.3 Å². The Morgan fingerprint density at radius 3 is 2.67 bits per heavy atom. The first-order chi connectivity index (χ1) is 8.60. The summed E-state index contributed by atoms with van der Waals surface area (Å²) in [5.74, 6) is 1.59. The normalized spacial score (nSPS) is 27.6. The highest BCUT2D eigenvalue weighted by Gasteiger charge is 2.25. The van der Waals surface area contributed by atoms with Crippen molar-refractivity contribution in [3.05, 3.63) is 29.3 Å². The number of anilines is 1. The van der Waals surface area contributed by atoms with Crippen LogP contribution in [0.1, 0.15) is 44.2 Å². The van der Waals surface area contributed by atoms with Gasteiger partial charge in [-0.3, -0.25) is 0 Å². The van der Waals surface area contributed by atoms with Crippen molar-refractivity contribution < 1.29 is 0 Å². The molecule has 18 heavy (non-hydrogen) atoms. The van der Waals surface area contributed by atoms with Crippen LogP contribution in [0.5, 0.6) is 0 Å². The third-order valence-electron chi connectivity index (χ3n) is 4.13. The van der Waals surface area contributed by atoms with Gasteiger partial charge in [-0.2, -0.15) is 5.26 Å². The zero-order chi connectivity index (χ0) is 13.1. The third kappa shape index (κ3) is 2.85. The van der Waals surface area contributed by atoms with Crippen molar-refractivity contribution in [2.75, 3.05) is 5.32 Å². The van der Waals surface area contributed by atoms with Gasteiger partial charge in [0.2, 0.25) is 0 Å². The molecule has 1 saturated carbocycles. The monoisotopic (exact) mass is 242 g/mol. The first kappa shape index (κ1) is 13.0. The predicted octanol–water partition coefficient (Wildman–Crippen LogP) is 4.10. The van der Waals surface area contributed by atoms with Gasteiger partial charge >= 0.3 is 0 Å². The third-order valence-corrected chi connectivity index (χ3v) is 4.13. The highest BCUT2D eigenvalue weighted by molar-refractivity contribution is 5.52. The molecule has 2 rings (SSSR count). The molecule has 0 aliphatic heterocycles. The Bertz CT molecular complexity index is 459. The molecule has 1 fully saturated rings. The minimum Gasteiger partial charge on any atom is -0.382 e. The van der Waals surface area contributed by atoms with Crippen molar-refractivity contribution in [3.8, 4) is 6.07 Å². The first-order valence-corrected chi connectivity index (χ1v) is 6.87. The van der Waals surface area contributed by atoms with Gasteiger partial charge in [0.15, 0.2) is 0 Å². The molecule has 1 aliphatic carbocycles. The van der Waals surface area contributed by atoms with Crippen LogP contribution >= 0.6 is 0 Å². The van der Waals surface area contributed by atoms with Crippen molar-refractivity contribution in [1.29, 1.82) is 5.26 Å². The largest absolute Gasteiger partial charge is 0.382 e. The van der Waals surface area contributed by atoms with Crippen LogP contribution < -0.4 is 5.32 Å². The lowest BCUT2D eigenvalue weighted by Gasteiger charge is -2.34. The SMILES string of the molecule is Cc1cc(NC2CCC(C)CC2C)ccc1C#N. The first-order valence-electron chi connectivity index (χ1n) is 6.87. The van der Waals surface area contributed by atoms with Gasteiger partial charge in [0.25, 0.3) is 0 Å². The summed E-state index contributed by atoms with van der Waals surface area (Å²) in [4.78, 5) is 0. The van der Waals surface area contributed by atoms with Crippen LogP contribution in [-0.2, 0) is 0 Å². The Morgan fingerprint density at radius 1 is 1.28 bits per heavy atom. The summed E-state index contributed by atoms with van der Waals surface area (Å²) < 4.78 is 0. The zero-order valence-electron chi connectivity index (χ0n) is 11.5. The van der Waals surface area contributed by atoms with E-state index in [0.717, 1.165) is 28.7 Å². The second kappa shape index (κ2) is 5.44. The summed E-state index contributed by atoms with van der Waals surface area (Å²) in [6.07, 6.45) is 3.88. The molecular weight excluding hydrogens is 220 g/mol. The van der Waals surface area contributed by atoms with Gasteiger partial charge in [0.1, 0.15) is 0 Å². The van der Waals surface area contributed by atoms with Crippen LogP contribution in [-0.4, -0.2) is 6.04 Å². The Kier molecular flexibility index (Phi) is 3.91. The van der Waals surface area contributed by atoms with E-state index in [4.69, 9.17) is 5.26 Å². The van der Waals surface area contributed by atoms with E-state index in [1.165, 1.54) is 19.3 Å². The summed E-state index contributed by atoms with van der Waals surface area (Å²) in [6.45, 7) is 6.68. The number of nitrogens with zero attached hydrogens (tertiary/aromatic N) is 1. The van der Waals surface area contributed by atoms with E-state index in [1.54, 1.807) is 0 Å². The van der Waals surface area contributed by atoms with Crippen LogP contribution in [0.15, 0.2) is 18.2 Å². The minimum absolute atomic E-state index is 0.577. The van der Waals surface area contributed by atoms with Crippen LogP contribution in [0.3, 0.4) is 0 Å². The summed E-state index contributed by atoms with van der Waals surface area (Å²) in [6, 6.07) is 8.81. The van der Waals surface area contributed by atoms with Crippen LogP contribution in [0, 0.1) is 30.1 Å². The molecule has 0 radical (unpaired) electrons. The van der Waals surface area contributed by atoms with Crippen molar-refractivity contribution >= 4 is 5.69 Å². The van der Waals surface area contributed by atoms with Gasteiger partial charge in [-0.1, -0.05) is 13.8 Å². The molecule has 3 unspecified atom stereocenters. The number of rotatable bonds is 2. The fourth-order valence-corrected chi connectivity index (χ4v) is 2.97. The number of benzene rings is 1. The average molecular weight is 242 g/mol. The predicted molar refractivity (Wildman–Crippen MR) is 75.5 cm³/mol. The van der Waals surface area contributed by atoms with Gasteiger partial charge < -0.3 is 5.32 Å². The molecule has 0 spiro atoms. The van der Waals surface area contributed by atoms with Gasteiger partial charge in [-0.05, 0) is 61.8 Å². The van der Waals surface area contributed by atoms with E-state index in [9.17, 15) is 0 Å². The van der Waals surface area contributed by atoms with Crippen LogP contribution in [0.25, 0.3) is 0 Å². The van der Waals surface area contributed by atoms with Crippen LogP contribution in [0.4, 0.5) is 5.69 Å². The Balaban J connectivity index is 2.06. The molecular formula is C16H22N2. The van der Waals surface area contributed by atoms with Crippen molar-refractivity contribution in [3.63, 3.8) is 0 Å². The minimum atomic E-state index is 0.577. The number of aryl methyl sites for hydroxylation is 1. The molecule has 2 heteroatoms. The van der Waals surface area contributed by atoms with E-state index in [0.29, 0.717) is 6.04 Å². The lowest BCUT2D eigenvalue weighted by molar-refractivity contribution is 0.276. The summed E-state index contributed by atoms with van der Waals surface area (Å²) in [5, 5.41) is 12.6. The molecule has 1 aromatic rings. The summed E-state index contributed by atoms with van der Waals surface area (Å²) in [5.41, 5.74) is 2.98. The average Bonchev–Trinajstić information content (AvgIpc) is 2.33. The lowest BCUT2D eigenvalue weighted by atomic mass is 9.80. The zero-order valence-corrected chi connectivity index (χ0v) is 11.5. The van der Waals surface area contributed by atoms with Gasteiger partial charge in [0.05, 0.1) is 11.6 Å². The van der Waals surface area contributed by atoms with Gasteiger partial charge in [0, 0.05) is 11.7 Å². The maximum atomic E-state index is 8.93. The molecule has 0 bridgehead atoms. The lowest BCUT2D eigenvalue weighted by Crippen LogP contribution is -2.33. The number of hydrogen-bond donors (Lipinski definition) is 1. The Hall–Kier alpha value is -1.49. The number of hydrogen-bond acceptors (Lipinski definition) is 2. The fraction of sp³-hybridized carbons (Fsp3) is 0.562. The Labute approximate surface area is 110 Å². The van der Waals surface area contributed by atoms with Gasteiger partial charge in [-0.15, -0.1) is 0 Å². The molecule has 0 saturated heterocycles. The van der Waals surface area contributed by atoms with E-state index >= 15 is 0 Å². The molecule has 0 aromatic heterocycles. The standard InChI is InChI=1S/C16H22N2/c1-11-4-7-16(13(3)8-11)18-15-6-5-14(10-17)12(2)9-15/h5-6,9,11,13,16,18H,4,7-8H2,1-3H3. The quantitative estimate of drug-likeness (QED) is 0.847. The topological polar surface area (TPSA) is 35.8 Å². The van der Waals surface area contributed by atoms with Crippen molar-refractivity contribution in [2.45, 2.75) is 46.1 Å². The highest BCUT2D eigenvalue weighted by Crippen LogP contribution is 2.31. The smallest absolute Gasteiger partial charge is 0.0994 e. The highest BCUT2D eigenvalue weighted by atomic mass is 14.9. The molecule has 0 amide bonds. The molecule has 1 aliphatic rings. The molecule has 1 N–H and O–H groups in total. The second-order valence-electron chi connectivity index (χ2n) is 5.79.